The molecule has 0 radical (unpaired) electrons. The fraction of sp³-hybridized carbons (Fsp3) is 0. The van der Waals surface area contributed by atoms with E-state index in [0.29, 0.717) is 0 Å². The summed E-state index contributed by atoms with van der Waals surface area (Å²) in [6, 6.07) is 63.2. The van der Waals surface area contributed by atoms with Crippen LogP contribution < -0.4 is 4.90 Å². The highest BCUT2D eigenvalue weighted by Gasteiger charge is 2.19. The van der Waals surface area contributed by atoms with Gasteiger partial charge in [-0.25, -0.2) is 0 Å². The van der Waals surface area contributed by atoms with Crippen molar-refractivity contribution in [2.45, 2.75) is 0 Å². The van der Waals surface area contributed by atoms with Gasteiger partial charge in [0.15, 0.2) is 0 Å². The fourth-order valence-corrected chi connectivity index (χ4v) is 8.52. The summed E-state index contributed by atoms with van der Waals surface area (Å²) in [6.07, 6.45) is 0. The Morgan fingerprint density at radius 2 is 0.980 bits per heavy atom. The molecule has 2 heterocycles. The molecule has 0 N–H and O–H groups in total. The van der Waals surface area contributed by atoms with Crippen LogP contribution in [0.2, 0.25) is 0 Å². The summed E-state index contributed by atoms with van der Waals surface area (Å²) in [6.45, 7) is 0. The molecule has 230 valence electrons. The van der Waals surface area contributed by atoms with Crippen molar-refractivity contribution in [3.8, 4) is 22.3 Å². The van der Waals surface area contributed by atoms with Crippen molar-refractivity contribution in [1.82, 2.24) is 0 Å². The van der Waals surface area contributed by atoms with E-state index in [0.717, 1.165) is 49.8 Å². The lowest BCUT2D eigenvalue weighted by molar-refractivity contribution is 0.672. The van der Waals surface area contributed by atoms with Crippen molar-refractivity contribution in [3.63, 3.8) is 0 Å². The number of fused-ring (bicyclic) bond motifs is 8. The standard InChI is InChI=1S/C46H29NOS/c1-2-10-30(11-3-1)31-20-24-33(25-21-31)47(41-16-8-15-38-36(41)28-29-39-37-12-4-6-17-42(37)48-46(38)39)34-26-22-32(23-27-34)35-14-9-19-44-45(35)40-13-5-7-18-43(40)49-44/h1-29H. The Bertz CT molecular complexity index is 2810. The molecule has 3 heteroatoms. The molecule has 0 aliphatic rings. The molecule has 0 saturated carbocycles. The Morgan fingerprint density at radius 1 is 0.388 bits per heavy atom. The Kier molecular flexibility index (Phi) is 6.39. The van der Waals surface area contributed by atoms with Crippen LogP contribution in [-0.4, -0.2) is 0 Å². The molecular formula is C46H29NOS. The van der Waals surface area contributed by atoms with Crippen LogP contribution >= 0.6 is 11.3 Å². The van der Waals surface area contributed by atoms with Crippen LogP contribution in [0.25, 0.3) is 75.1 Å². The molecule has 0 amide bonds. The number of hydrogen-bond donors (Lipinski definition) is 0. The normalized spacial score (nSPS) is 11.7. The first kappa shape index (κ1) is 27.9. The van der Waals surface area contributed by atoms with Crippen molar-refractivity contribution in [2.24, 2.45) is 0 Å². The highest BCUT2D eigenvalue weighted by molar-refractivity contribution is 7.25. The number of rotatable bonds is 5. The maximum atomic E-state index is 6.48. The van der Waals surface area contributed by atoms with Crippen LogP contribution in [0.3, 0.4) is 0 Å². The zero-order chi connectivity index (χ0) is 32.3. The van der Waals surface area contributed by atoms with Crippen molar-refractivity contribution >= 4 is 81.3 Å². The number of anilines is 3. The summed E-state index contributed by atoms with van der Waals surface area (Å²) < 4.78 is 9.12. The second kappa shape index (κ2) is 11.2. The number of benzene rings is 8. The van der Waals surface area contributed by atoms with E-state index >= 15 is 0 Å². The summed E-state index contributed by atoms with van der Waals surface area (Å²) in [5.41, 5.74) is 9.99. The Morgan fingerprint density at radius 3 is 1.80 bits per heavy atom. The molecule has 10 rings (SSSR count). The summed E-state index contributed by atoms with van der Waals surface area (Å²) in [7, 11) is 0. The van der Waals surface area contributed by atoms with Crippen LogP contribution in [0.4, 0.5) is 17.1 Å². The summed E-state index contributed by atoms with van der Waals surface area (Å²) in [5.74, 6) is 0. The summed E-state index contributed by atoms with van der Waals surface area (Å²) >= 11 is 1.86. The van der Waals surface area contributed by atoms with Crippen LogP contribution in [0, 0.1) is 0 Å². The molecule has 0 unspecified atom stereocenters. The molecule has 49 heavy (non-hydrogen) atoms. The molecule has 0 spiro atoms. The van der Waals surface area contributed by atoms with Gasteiger partial charge in [0.25, 0.3) is 0 Å². The molecule has 10 aromatic rings. The van der Waals surface area contributed by atoms with Gasteiger partial charge in [0.2, 0.25) is 0 Å². The van der Waals surface area contributed by atoms with Gasteiger partial charge in [-0.15, -0.1) is 11.3 Å². The van der Waals surface area contributed by atoms with E-state index in [1.54, 1.807) is 0 Å². The second-order valence-electron chi connectivity index (χ2n) is 12.5. The maximum Gasteiger partial charge on any atom is 0.143 e. The van der Waals surface area contributed by atoms with Gasteiger partial charge in [-0.05, 0) is 76.9 Å². The van der Waals surface area contributed by atoms with Crippen LogP contribution in [0.1, 0.15) is 0 Å². The molecule has 0 aliphatic carbocycles. The zero-order valence-electron chi connectivity index (χ0n) is 26.5. The van der Waals surface area contributed by atoms with Crippen molar-refractivity contribution in [2.75, 3.05) is 4.90 Å². The summed E-state index contributed by atoms with van der Waals surface area (Å²) in [4.78, 5) is 2.37. The first-order chi connectivity index (χ1) is 24.3. The molecule has 2 nitrogen and oxygen atoms in total. The highest BCUT2D eigenvalue weighted by Crippen LogP contribution is 2.44. The smallest absolute Gasteiger partial charge is 0.143 e. The monoisotopic (exact) mass is 643 g/mol. The number of nitrogens with zero attached hydrogens (tertiary/aromatic N) is 1. The quantitative estimate of drug-likeness (QED) is 0.186. The van der Waals surface area contributed by atoms with Gasteiger partial charge in [-0.1, -0.05) is 121 Å². The highest BCUT2D eigenvalue weighted by atomic mass is 32.1. The van der Waals surface area contributed by atoms with Gasteiger partial charge in [0.1, 0.15) is 11.2 Å². The second-order valence-corrected chi connectivity index (χ2v) is 13.6. The minimum absolute atomic E-state index is 0.910. The van der Waals surface area contributed by atoms with Gasteiger partial charge in [0, 0.05) is 53.1 Å². The molecule has 0 atom stereocenters. The molecule has 0 aliphatic heterocycles. The molecular weight excluding hydrogens is 615 g/mol. The third-order valence-corrected chi connectivity index (χ3v) is 10.8. The average molecular weight is 644 g/mol. The molecule has 8 aromatic carbocycles. The lowest BCUT2D eigenvalue weighted by Crippen LogP contribution is -2.10. The van der Waals surface area contributed by atoms with Crippen molar-refractivity contribution in [3.05, 3.63) is 176 Å². The number of para-hydroxylation sites is 1. The third kappa shape index (κ3) is 4.55. The van der Waals surface area contributed by atoms with Crippen LogP contribution in [-0.2, 0) is 0 Å². The SMILES string of the molecule is c1ccc(-c2ccc(N(c3ccc(-c4cccc5sc6ccccc6c45)cc3)c3cccc4c3ccc3c5ccccc5oc43)cc2)cc1. The van der Waals surface area contributed by atoms with E-state index < -0.39 is 0 Å². The topological polar surface area (TPSA) is 16.4 Å². The number of hydrogen-bond acceptors (Lipinski definition) is 3. The van der Waals surface area contributed by atoms with E-state index in [-0.39, 0.29) is 0 Å². The largest absolute Gasteiger partial charge is 0.455 e. The van der Waals surface area contributed by atoms with Crippen LogP contribution in [0.15, 0.2) is 180 Å². The molecule has 0 fully saturated rings. The van der Waals surface area contributed by atoms with Crippen LogP contribution in [0.5, 0.6) is 0 Å². The van der Waals surface area contributed by atoms with Crippen molar-refractivity contribution < 1.29 is 4.42 Å². The summed E-state index contributed by atoms with van der Waals surface area (Å²) in [5, 5.41) is 7.16. The maximum absolute atomic E-state index is 6.48. The Hall–Kier alpha value is -6.16. The molecule has 0 bridgehead atoms. The lowest BCUT2D eigenvalue weighted by atomic mass is 9.98. The number of thiophene rings is 1. The Balaban J connectivity index is 1.15. The number of furan rings is 1. The van der Waals surface area contributed by atoms with Gasteiger partial charge in [-0.2, -0.15) is 0 Å². The van der Waals surface area contributed by atoms with E-state index in [1.165, 1.54) is 42.4 Å². The fourth-order valence-electron chi connectivity index (χ4n) is 7.38. The van der Waals surface area contributed by atoms with Gasteiger partial charge < -0.3 is 9.32 Å². The third-order valence-electron chi connectivity index (χ3n) is 9.69. The Labute approximate surface area is 287 Å². The van der Waals surface area contributed by atoms with Gasteiger partial charge in [0.05, 0.1) is 5.69 Å². The first-order valence-electron chi connectivity index (χ1n) is 16.6. The average Bonchev–Trinajstić information content (AvgIpc) is 3.75. The molecule has 2 aromatic heterocycles. The molecule has 0 saturated heterocycles. The zero-order valence-corrected chi connectivity index (χ0v) is 27.3. The van der Waals surface area contributed by atoms with Gasteiger partial charge >= 0.3 is 0 Å². The minimum Gasteiger partial charge on any atom is -0.455 e. The predicted octanol–water partition coefficient (Wildman–Crippen LogP) is 13.9. The predicted molar refractivity (Wildman–Crippen MR) is 210 cm³/mol. The van der Waals surface area contributed by atoms with E-state index in [9.17, 15) is 0 Å². The lowest BCUT2D eigenvalue weighted by Gasteiger charge is -2.27. The van der Waals surface area contributed by atoms with E-state index in [2.05, 4.69) is 169 Å². The van der Waals surface area contributed by atoms with E-state index in [4.69, 9.17) is 4.42 Å². The first-order valence-corrected chi connectivity index (χ1v) is 17.4. The van der Waals surface area contributed by atoms with Gasteiger partial charge in [-0.3, -0.25) is 0 Å². The minimum atomic E-state index is 0.910. The van der Waals surface area contributed by atoms with Crippen molar-refractivity contribution in [1.29, 1.82) is 0 Å². The van der Waals surface area contributed by atoms with E-state index in [1.807, 2.05) is 23.5 Å².